The van der Waals surface area contributed by atoms with Gasteiger partial charge in [0.15, 0.2) is 29.0 Å². The summed E-state index contributed by atoms with van der Waals surface area (Å²) in [5.41, 5.74) is 0.386. The lowest BCUT2D eigenvalue weighted by molar-refractivity contribution is -0.139. The van der Waals surface area contributed by atoms with Crippen LogP contribution in [0.3, 0.4) is 0 Å². The fourth-order valence-electron chi connectivity index (χ4n) is 3.05. The van der Waals surface area contributed by atoms with Crippen LogP contribution in [0.4, 0.5) is 10.5 Å². The SMILES string of the molecule is COc1ccc(NC(=O)NC(C(=O)O)c2cccc(OC)c2O)cc1OCCCC(C)C. The van der Waals surface area contributed by atoms with E-state index >= 15 is 0 Å². The van der Waals surface area contributed by atoms with Crippen LogP contribution in [-0.4, -0.2) is 43.0 Å². The molecule has 0 bridgehead atoms. The minimum atomic E-state index is -1.49. The van der Waals surface area contributed by atoms with Gasteiger partial charge < -0.3 is 35.1 Å². The molecule has 0 fully saturated rings. The zero-order valence-electron chi connectivity index (χ0n) is 18.7. The highest BCUT2D eigenvalue weighted by Crippen LogP contribution is 2.34. The lowest BCUT2D eigenvalue weighted by atomic mass is 10.1. The first kappa shape index (κ1) is 24.6. The Labute approximate surface area is 187 Å². The van der Waals surface area contributed by atoms with E-state index in [1.54, 1.807) is 18.2 Å². The van der Waals surface area contributed by atoms with Gasteiger partial charge in [-0.15, -0.1) is 0 Å². The monoisotopic (exact) mass is 446 g/mol. The highest BCUT2D eigenvalue weighted by molar-refractivity contribution is 5.93. The van der Waals surface area contributed by atoms with Crippen LogP contribution < -0.4 is 24.8 Å². The number of ether oxygens (including phenoxy) is 3. The summed E-state index contributed by atoms with van der Waals surface area (Å²) in [6.07, 6.45) is 1.90. The molecule has 2 aromatic rings. The number of carboxylic acids is 1. The van der Waals surface area contributed by atoms with Gasteiger partial charge in [-0.1, -0.05) is 26.0 Å². The Kier molecular flexibility index (Phi) is 9.00. The van der Waals surface area contributed by atoms with Gasteiger partial charge in [-0.05, 0) is 37.0 Å². The fraction of sp³-hybridized carbons (Fsp3) is 0.391. The number of para-hydroxylation sites is 1. The second-order valence-electron chi connectivity index (χ2n) is 7.52. The summed E-state index contributed by atoms with van der Waals surface area (Å²) in [4.78, 5) is 24.2. The smallest absolute Gasteiger partial charge is 0.331 e. The standard InChI is InChI=1S/C23H30N2O7/c1-14(2)7-6-12-32-19-13-15(10-11-17(19)30-3)24-23(29)25-20(22(27)28)16-8-5-9-18(31-4)21(16)26/h5,8-11,13-14,20,26H,6-7,12H2,1-4H3,(H,27,28)(H2,24,25,29). The second-order valence-corrected chi connectivity index (χ2v) is 7.52. The van der Waals surface area contributed by atoms with E-state index in [4.69, 9.17) is 14.2 Å². The van der Waals surface area contributed by atoms with Gasteiger partial charge in [-0.2, -0.15) is 0 Å². The number of urea groups is 1. The zero-order chi connectivity index (χ0) is 23.7. The third-order valence-electron chi connectivity index (χ3n) is 4.69. The molecule has 0 spiro atoms. The number of benzene rings is 2. The van der Waals surface area contributed by atoms with Crippen molar-refractivity contribution in [1.82, 2.24) is 5.32 Å². The summed E-state index contributed by atoms with van der Waals surface area (Å²) in [5, 5.41) is 24.8. The molecular weight excluding hydrogens is 416 g/mol. The van der Waals surface area contributed by atoms with E-state index < -0.39 is 18.0 Å². The minimum Gasteiger partial charge on any atom is -0.504 e. The summed E-state index contributed by atoms with van der Waals surface area (Å²) >= 11 is 0. The van der Waals surface area contributed by atoms with Gasteiger partial charge >= 0.3 is 12.0 Å². The number of phenols is 1. The molecule has 2 aromatic carbocycles. The van der Waals surface area contributed by atoms with Crippen LogP contribution in [0.2, 0.25) is 0 Å². The van der Waals surface area contributed by atoms with Crippen molar-refractivity contribution in [3.63, 3.8) is 0 Å². The molecule has 9 heteroatoms. The Bertz CT molecular complexity index is 931. The Balaban J connectivity index is 2.12. The number of amides is 2. The fourth-order valence-corrected chi connectivity index (χ4v) is 3.05. The van der Waals surface area contributed by atoms with E-state index in [1.807, 2.05) is 0 Å². The first-order valence-electron chi connectivity index (χ1n) is 10.2. The van der Waals surface area contributed by atoms with Crippen LogP contribution in [0.25, 0.3) is 0 Å². The first-order chi connectivity index (χ1) is 15.3. The average molecular weight is 447 g/mol. The molecule has 0 aliphatic heterocycles. The molecule has 9 nitrogen and oxygen atoms in total. The van der Waals surface area contributed by atoms with Crippen molar-refractivity contribution in [3.05, 3.63) is 42.0 Å². The number of methoxy groups -OCH3 is 2. The van der Waals surface area contributed by atoms with Crippen LogP contribution in [-0.2, 0) is 4.79 Å². The Morgan fingerprint density at radius 3 is 2.38 bits per heavy atom. The van der Waals surface area contributed by atoms with Crippen molar-refractivity contribution in [2.75, 3.05) is 26.1 Å². The number of carbonyl (C=O) groups is 2. The van der Waals surface area contributed by atoms with Gasteiger partial charge in [0.25, 0.3) is 0 Å². The number of rotatable bonds is 11. The minimum absolute atomic E-state index is 0.00379. The van der Waals surface area contributed by atoms with Gasteiger partial charge in [0.2, 0.25) is 0 Å². The number of hydrogen-bond acceptors (Lipinski definition) is 6. The molecule has 174 valence electrons. The second kappa shape index (κ2) is 11.7. The number of aromatic hydroxyl groups is 1. The Morgan fingerprint density at radius 1 is 1.03 bits per heavy atom. The van der Waals surface area contributed by atoms with E-state index in [0.29, 0.717) is 29.7 Å². The molecule has 0 saturated heterocycles. The molecule has 0 saturated carbocycles. The Hall–Kier alpha value is -3.62. The third-order valence-corrected chi connectivity index (χ3v) is 4.69. The van der Waals surface area contributed by atoms with E-state index in [0.717, 1.165) is 12.8 Å². The summed E-state index contributed by atoms with van der Waals surface area (Å²) < 4.78 is 16.1. The topological polar surface area (TPSA) is 126 Å². The van der Waals surface area contributed by atoms with Crippen molar-refractivity contribution in [2.45, 2.75) is 32.7 Å². The number of phenolic OH excluding ortho intramolecular Hbond substituents is 1. The third kappa shape index (κ3) is 6.69. The molecule has 0 radical (unpaired) electrons. The molecule has 2 rings (SSSR count). The highest BCUT2D eigenvalue weighted by atomic mass is 16.5. The molecule has 2 amide bonds. The summed E-state index contributed by atoms with van der Waals surface area (Å²) in [5.74, 6) is -0.0369. The van der Waals surface area contributed by atoms with Crippen LogP contribution in [0, 0.1) is 5.92 Å². The van der Waals surface area contributed by atoms with Crippen molar-refractivity contribution >= 4 is 17.7 Å². The van der Waals surface area contributed by atoms with Crippen molar-refractivity contribution in [3.8, 4) is 23.0 Å². The van der Waals surface area contributed by atoms with Crippen molar-refractivity contribution < 1.29 is 34.0 Å². The van der Waals surface area contributed by atoms with Gasteiger partial charge in [-0.25, -0.2) is 9.59 Å². The largest absolute Gasteiger partial charge is 0.504 e. The molecule has 0 aromatic heterocycles. The number of anilines is 1. The van der Waals surface area contributed by atoms with Gasteiger partial charge in [0, 0.05) is 17.3 Å². The zero-order valence-corrected chi connectivity index (χ0v) is 18.7. The molecule has 0 heterocycles. The summed E-state index contributed by atoms with van der Waals surface area (Å²) in [7, 11) is 2.87. The molecule has 1 atom stereocenters. The quantitative estimate of drug-likeness (QED) is 0.382. The van der Waals surface area contributed by atoms with E-state index in [9.17, 15) is 19.8 Å². The van der Waals surface area contributed by atoms with Crippen LogP contribution >= 0.6 is 0 Å². The van der Waals surface area contributed by atoms with Gasteiger partial charge in [-0.3, -0.25) is 0 Å². The van der Waals surface area contributed by atoms with Crippen LogP contribution in [0.5, 0.6) is 23.0 Å². The predicted octanol–water partition coefficient (Wildman–Crippen LogP) is 4.17. The predicted molar refractivity (Wildman–Crippen MR) is 120 cm³/mol. The number of aliphatic carboxylic acids is 1. The number of carboxylic acid groups (broad SMARTS) is 1. The molecule has 4 N–H and O–H groups in total. The maximum absolute atomic E-state index is 12.5. The summed E-state index contributed by atoms with van der Waals surface area (Å²) in [6.45, 7) is 4.78. The van der Waals surface area contributed by atoms with Crippen molar-refractivity contribution in [1.29, 1.82) is 0 Å². The summed E-state index contributed by atoms with van der Waals surface area (Å²) in [6, 6.07) is 7.01. The maximum atomic E-state index is 12.5. The van der Waals surface area contributed by atoms with Gasteiger partial charge in [0.05, 0.1) is 20.8 Å². The number of carbonyl (C=O) groups excluding carboxylic acids is 1. The van der Waals surface area contributed by atoms with Crippen molar-refractivity contribution in [2.24, 2.45) is 5.92 Å². The van der Waals surface area contributed by atoms with E-state index in [-0.39, 0.29) is 17.1 Å². The van der Waals surface area contributed by atoms with Crippen LogP contribution in [0.1, 0.15) is 38.3 Å². The lowest BCUT2D eigenvalue weighted by Gasteiger charge is -2.18. The number of nitrogens with one attached hydrogen (secondary N) is 2. The van der Waals surface area contributed by atoms with E-state index in [1.165, 1.54) is 32.4 Å². The molecule has 32 heavy (non-hydrogen) atoms. The Morgan fingerprint density at radius 2 is 1.75 bits per heavy atom. The molecule has 1 unspecified atom stereocenters. The van der Waals surface area contributed by atoms with E-state index in [2.05, 4.69) is 24.5 Å². The maximum Gasteiger partial charge on any atom is 0.331 e. The number of hydrogen-bond donors (Lipinski definition) is 4. The lowest BCUT2D eigenvalue weighted by Crippen LogP contribution is -2.36. The molecular formula is C23H30N2O7. The van der Waals surface area contributed by atoms with Gasteiger partial charge in [0.1, 0.15) is 0 Å². The normalized spacial score (nSPS) is 11.5. The first-order valence-corrected chi connectivity index (χ1v) is 10.2. The average Bonchev–Trinajstić information content (AvgIpc) is 2.75. The molecule has 0 aliphatic carbocycles. The highest BCUT2D eigenvalue weighted by Gasteiger charge is 2.26. The molecule has 0 aliphatic rings. The van der Waals surface area contributed by atoms with Crippen LogP contribution in [0.15, 0.2) is 36.4 Å².